The predicted octanol–water partition coefficient (Wildman–Crippen LogP) is 2.58. The fraction of sp³-hybridized carbons (Fsp3) is 0.867. The molecule has 0 spiro atoms. The molecule has 0 aromatic carbocycles. The zero-order chi connectivity index (χ0) is 14.5. The number of carboxylic acid groups (broad SMARTS) is 1. The van der Waals surface area contributed by atoms with Crippen molar-refractivity contribution in [3.63, 3.8) is 0 Å². The van der Waals surface area contributed by atoms with Gasteiger partial charge in [-0.1, -0.05) is 58.3 Å². The van der Waals surface area contributed by atoms with Crippen LogP contribution in [0.3, 0.4) is 0 Å². The summed E-state index contributed by atoms with van der Waals surface area (Å²) in [4.78, 5) is 21.9. The first-order valence-electron chi connectivity index (χ1n) is 7.60. The van der Waals surface area contributed by atoms with Crippen molar-refractivity contribution in [1.82, 2.24) is 5.32 Å². The number of hydrogen-bond donors (Lipinski definition) is 2. The Hall–Kier alpha value is 0.200. The summed E-state index contributed by atoms with van der Waals surface area (Å²) >= 11 is 0. The molecule has 0 heterocycles. The maximum absolute atomic E-state index is 11.4. The first-order valence-corrected chi connectivity index (χ1v) is 7.60. The second-order valence-electron chi connectivity index (χ2n) is 5.21. The fourth-order valence-corrected chi connectivity index (χ4v) is 1.97. The quantitative estimate of drug-likeness (QED) is 0.430. The molecule has 1 unspecified atom stereocenters. The molecule has 116 valence electrons. The average molecular weight is 313 g/mol. The molecule has 5 heteroatoms. The number of hydrogen-bond acceptors (Lipinski definition) is 2. The van der Waals surface area contributed by atoms with E-state index in [1.54, 1.807) is 0 Å². The van der Waals surface area contributed by atoms with E-state index in [1.807, 2.05) is 0 Å². The van der Waals surface area contributed by atoms with Gasteiger partial charge in [0, 0.05) is 6.42 Å². The van der Waals surface area contributed by atoms with Crippen LogP contribution in [0.5, 0.6) is 0 Å². The summed E-state index contributed by atoms with van der Waals surface area (Å²) in [7, 11) is 0. The molecule has 0 aliphatic rings. The van der Waals surface area contributed by atoms with Crippen molar-refractivity contribution in [1.29, 1.82) is 0 Å². The van der Waals surface area contributed by atoms with Crippen LogP contribution in [0, 0.1) is 0 Å². The maximum atomic E-state index is 11.4. The van der Waals surface area contributed by atoms with Gasteiger partial charge in [0.25, 0.3) is 0 Å². The van der Waals surface area contributed by atoms with Crippen LogP contribution in [-0.2, 0) is 9.59 Å². The van der Waals surface area contributed by atoms with E-state index in [0.717, 1.165) is 12.8 Å². The third-order valence-electron chi connectivity index (χ3n) is 3.26. The molecule has 0 aliphatic heterocycles. The summed E-state index contributed by atoms with van der Waals surface area (Å²) < 4.78 is 0. The van der Waals surface area contributed by atoms with E-state index in [0.29, 0.717) is 6.42 Å². The normalized spacial score (nSPS) is 11.5. The number of rotatable bonds is 12. The summed E-state index contributed by atoms with van der Waals surface area (Å²) in [6, 6.07) is -0.786. The molecular weight excluding hydrogens is 282 g/mol. The first-order chi connectivity index (χ1) is 9.07. The number of carboxylic acids is 1. The minimum atomic E-state index is -0.986. The Morgan fingerprint density at radius 3 is 1.85 bits per heavy atom. The van der Waals surface area contributed by atoms with Crippen LogP contribution < -0.4 is 5.32 Å². The minimum absolute atomic E-state index is 0. The van der Waals surface area contributed by atoms with Crippen molar-refractivity contribution in [2.75, 3.05) is 0 Å². The van der Waals surface area contributed by atoms with Crippen LogP contribution in [-0.4, -0.2) is 60.8 Å². The molecule has 0 saturated carbocycles. The van der Waals surface area contributed by atoms with E-state index >= 15 is 0 Å². The molecule has 0 bridgehead atoms. The van der Waals surface area contributed by atoms with Crippen LogP contribution in [0.4, 0.5) is 0 Å². The molecule has 0 aromatic heterocycles. The Morgan fingerprint density at radius 2 is 1.40 bits per heavy atom. The Balaban J connectivity index is 0. The number of carbonyl (C=O) groups excluding carboxylic acids is 1. The van der Waals surface area contributed by atoms with Crippen molar-refractivity contribution < 1.29 is 14.7 Å². The van der Waals surface area contributed by atoms with Gasteiger partial charge in [-0.2, -0.15) is 0 Å². The van der Waals surface area contributed by atoms with Crippen molar-refractivity contribution in [3.8, 4) is 0 Å². The predicted molar refractivity (Wildman–Crippen MR) is 85.6 cm³/mol. The van der Waals surface area contributed by atoms with Gasteiger partial charge in [-0.15, -0.1) is 0 Å². The van der Waals surface area contributed by atoms with E-state index in [9.17, 15) is 9.59 Å². The van der Waals surface area contributed by atoms with Crippen LogP contribution in [0.15, 0.2) is 0 Å². The van der Waals surface area contributed by atoms with E-state index in [-0.39, 0.29) is 43.6 Å². The zero-order valence-electron chi connectivity index (χ0n) is 12.4. The van der Waals surface area contributed by atoms with E-state index in [1.165, 1.54) is 51.9 Å². The van der Waals surface area contributed by atoms with Gasteiger partial charge in [0.1, 0.15) is 6.04 Å². The standard InChI is InChI=1S/C15H29NO3.Ca.2H/c1-3-4-5-6-7-8-9-10-11-12-14(17)16-13(2)15(18)19;;;/h13H,3-12H2,1-2H3,(H,16,17)(H,18,19);;;. The summed E-state index contributed by atoms with van der Waals surface area (Å²) in [5.41, 5.74) is 0. The van der Waals surface area contributed by atoms with Gasteiger partial charge in [0.05, 0.1) is 0 Å². The molecule has 0 radical (unpaired) electrons. The zero-order valence-corrected chi connectivity index (χ0v) is 12.4. The summed E-state index contributed by atoms with van der Waals surface area (Å²) in [5.74, 6) is -1.14. The molecule has 0 rings (SSSR count). The van der Waals surface area contributed by atoms with Gasteiger partial charge in [0.15, 0.2) is 0 Å². The number of amides is 1. The Labute approximate surface area is 153 Å². The molecule has 0 aliphatic carbocycles. The van der Waals surface area contributed by atoms with Gasteiger partial charge in [-0.3, -0.25) is 9.59 Å². The second kappa shape index (κ2) is 15.6. The molecule has 0 fully saturated rings. The first kappa shape index (κ1) is 22.5. The van der Waals surface area contributed by atoms with Gasteiger partial charge < -0.3 is 10.4 Å². The number of carbonyl (C=O) groups is 2. The third-order valence-corrected chi connectivity index (χ3v) is 3.26. The molecule has 1 amide bonds. The topological polar surface area (TPSA) is 66.4 Å². The van der Waals surface area contributed by atoms with E-state index in [4.69, 9.17) is 5.11 Å². The van der Waals surface area contributed by atoms with Gasteiger partial charge in [-0.25, -0.2) is 0 Å². The average Bonchev–Trinajstić information content (AvgIpc) is 2.36. The van der Waals surface area contributed by atoms with Crippen LogP contribution in [0.1, 0.15) is 78.1 Å². The number of unbranched alkanes of at least 4 members (excludes halogenated alkanes) is 8. The molecular formula is C15H31CaNO3. The molecule has 2 N–H and O–H groups in total. The number of aliphatic carboxylic acids is 1. The van der Waals surface area contributed by atoms with Crippen molar-refractivity contribution in [2.24, 2.45) is 0 Å². The Bertz CT molecular complexity index is 260. The molecule has 4 nitrogen and oxygen atoms in total. The SMILES string of the molecule is CCCCCCCCCCCC(=O)NC(C)C(=O)O.[CaH2]. The monoisotopic (exact) mass is 313 g/mol. The molecule has 0 aromatic rings. The summed E-state index contributed by atoms with van der Waals surface area (Å²) in [6.45, 7) is 3.70. The Morgan fingerprint density at radius 1 is 0.950 bits per heavy atom. The molecule has 20 heavy (non-hydrogen) atoms. The summed E-state index contributed by atoms with van der Waals surface area (Å²) in [5, 5.41) is 11.1. The van der Waals surface area contributed by atoms with Crippen LogP contribution in [0.25, 0.3) is 0 Å². The van der Waals surface area contributed by atoms with Crippen LogP contribution >= 0.6 is 0 Å². The third kappa shape index (κ3) is 14.6. The van der Waals surface area contributed by atoms with Gasteiger partial charge in [-0.05, 0) is 13.3 Å². The van der Waals surface area contributed by atoms with Crippen molar-refractivity contribution in [2.45, 2.75) is 84.1 Å². The fourth-order valence-electron chi connectivity index (χ4n) is 1.97. The number of nitrogens with one attached hydrogen (secondary N) is 1. The molecule has 0 saturated heterocycles. The summed E-state index contributed by atoms with van der Waals surface area (Å²) in [6.07, 6.45) is 11.3. The van der Waals surface area contributed by atoms with E-state index < -0.39 is 12.0 Å². The Kier molecular flexibility index (Phi) is 17.5. The van der Waals surface area contributed by atoms with Gasteiger partial charge in [0.2, 0.25) is 5.91 Å². The second-order valence-corrected chi connectivity index (χ2v) is 5.21. The van der Waals surface area contributed by atoms with Gasteiger partial charge >= 0.3 is 43.7 Å². The molecule has 1 atom stereocenters. The van der Waals surface area contributed by atoms with Crippen molar-refractivity contribution in [3.05, 3.63) is 0 Å². The van der Waals surface area contributed by atoms with E-state index in [2.05, 4.69) is 12.2 Å². The van der Waals surface area contributed by atoms with Crippen molar-refractivity contribution >= 4 is 49.6 Å². The van der Waals surface area contributed by atoms with Crippen LogP contribution in [0.2, 0.25) is 0 Å².